The second kappa shape index (κ2) is 6.89. The van der Waals surface area contributed by atoms with E-state index in [2.05, 4.69) is 4.98 Å². The second-order valence-electron chi connectivity index (χ2n) is 4.75. The highest BCUT2D eigenvalue weighted by atomic mass is 35.5. The van der Waals surface area contributed by atoms with Gasteiger partial charge in [-0.3, -0.25) is 4.79 Å². The minimum Gasteiger partial charge on any atom is -0.481 e. The lowest BCUT2D eigenvalue weighted by Crippen LogP contribution is -2.01. The van der Waals surface area contributed by atoms with Crippen molar-refractivity contribution in [3.63, 3.8) is 0 Å². The van der Waals surface area contributed by atoms with Gasteiger partial charge in [0.15, 0.2) is 5.09 Å². The summed E-state index contributed by atoms with van der Waals surface area (Å²) in [6.45, 7) is 0. The summed E-state index contributed by atoms with van der Waals surface area (Å²) in [5.41, 5.74) is 1.16. The predicted octanol–water partition coefficient (Wildman–Crippen LogP) is 4.77. The number of nitrogens with zero attached hydrogens (tertiary/aromatic N) is 1. The molecule has 0 spiro atoms. The van der Waals surface area contributed by atoms with Gasteiger partial charge in [0, 0.05) is 15.5 Å². The zero-order valence-electron chi connectivity index (χ0n) is 11.9. The van der Waals surface area contributed by atoms with Gasteiger partial charge >= 0.3 is 5.97 Å². The van der Waals surface area contributed by atoms with E-state index in [1.807, 2.05) is 30.3 Å². The van der Waals surface area contributed by atoms with Gasteiger partial charge in [0.2, 0.25) is 5.89 Å². The van der Waals surface area contributed by atoms with Crippen LogP contribution >= 0.6 is 23.4 Å². The van der Waals surface area contributed by atoms with E-state index >= 15 is 0 Å². The van der Waals surface area contributed by atoms with Crippen LogP contribution in [0, 0.1) is 0 Å². The van der Waals surface area contributed by atoms with Crippen molar-refractivity contribution in [3.05, 3.63) is 65.3 Å². The lowest BCUT2D eigenvalue weighted by molar-refractivity contribution is -0.136. The minimum atomic E-state index is -0.948. The Morgan fingerprint density at radius 3 is 2.48 bits per heavy atom. The number of oxazole rings is 1. The van der Waals surface area contributed by atoms with Crippen molar-refractivity contribution in [2.24, 2.45) is 0 Å². The van der Waals surface area contributed by atoms with E-state index in [0.717, 1.165) is 10.5 Å². The van der Waals surface area contributed by atoms with Crippen molar-refractivity contribution in [2.45, 2.75) is 16.4 Å². The Labute approximate surface area is 142 Å². The highest BCUT2D eigenvalue weighted by Gasteiger charge is 2.18. The molecule has 3 rings (SSSR count). The molecule has 0 fully saturated rings. The van der Waals surface area contributed by atoms with E-state index in [9.17, 15) is 4.79 Å². The quantitative estimate of drug-likeness (QED) is 0.721. The van der Waals surface area contributed by atoms with Gasteiger partial charge in [-0.15, -0.1) is 0 Å². The number of aromatic nitrogens is 1. The van der Waals surface area contributed by atoms with Crippen molar-refractivity contribution < 1.29 is 14.3 Å². The van der Waals surface area contributed by atoms with E-state index in [-0.39, 0.29) is 6.42 Å². The van der Waals surface area contributed by atoms with Crippen molar-refractivity contribution >= 4 is 29.3 Å². The third-order valence-electron chi connectivity index (χ3n) is 3.03. The standard InChI is InChI=1S/C17H12ClNO3S/c18-12-8-6-11(7-9-12)16-19-14(10-15(20)21)17(22-16)23-13-4-2-1-3-5-13/h1-9H,10H2,(H,20,21). The molecule has 4 nitrogen and oxygen atoms in total. The highest BCUT2D eigenvalue weighted by molar-refractivity contribution is 7.99. The summed E-state index contributed by atoms with van der Waals surface area (Å²) in [7, 11) is 0. The Kier molecular flexibility index (Phi) is 4.69. The Morgan fingerprint density at radius 2 is 1.83 bits per heavy atom. The summed E-state index contributed by atoms with van der Waals surface area (Å²) in [6, 6.07) is 16.7. The molecular weight excluding hydrogens is 334 g/mol. The highest BCUT2D eigenvalue weighted by Crippen LogP contribution is 2.34. The first-order chi connectivity index (χ1) is 11.1. The fourth-order valence-electron chi connectivity index (χ4n) is 1.98. The number of rotatable bonds is 5. The zero-order valence-corrected chi connectivity index (χ0v) is 13.5. The molecule has 0 radical (unpaired) electrons. The molecule has 0 unspecified atom stereocenters. The molecule has 0 saturated carbocycles. The average Bonchev–Trinajstić information content (AvgIpc) is 2.91. The number of carbonyl (C=O) groups is 1. The molecule has 1 N–H and O–H groups in total. The van der Waals surface area contributed by atoms with Gasteiger partial charge in [0.25, 0.3) is 0 Å². The lowest BCUT2D eigenvalue weighted by Gasteiger charge is -1.99. The van der Waals surface area contributed by atoms with Gasteiger partial charge in [-0.1, -0.05) is 41.6 Å². The molecule has 2 aromatic carbocycles. The van der Waals surface area contributed by atoms with Gasteiger partial charge in [0.05, 0.1) is 6.42 Å². The summed E-state index contributed by atoms with van der Waals surface area (Å²) < 4.78 is 5.79. The number of benzene rings is 2. The SMILES string of the molecule is O=C(O)Cc1nc(-c2ccc(Cl)cc2)oc1Sc1ccccc1. The Hall–Kier alpha value is -2.24. The molecule has 0 amide bonds. The Balaban J connectivity index is 1.96. The molecular formula is C17H12ClNO3S. The maximum absolute atomic E-state index is 11.1. The first-order valence-corrected chi connectivity index (χ1v) is 8.01. The molecule has 1 aromatic heterocycles. The molecule has 1 heterocycles. The van der Waals surface area contributed by atoms with Crippen molar-refractivity contribution in [2.75, 3.05) is 0 Å². The topological polar surface area (TPSA) is 63.3 Å². The average molecular weight is 346 g/mol. The van der Waals surface area contributed by atoms with Crippen LogP contribution in [0.5, 0.6) is 0 Å². The smallest absolute Gasteiger partial charge is 0.309 e. The maximum Gasteiger partial charge on any atom is 0.309 e. The first-order valence-electron chi connectivity index (χ1n) is 6.82. The molecule has 0 saturated heterocycles. The molecule has 0 aliphatic carbocycles. The van der Waals surface area contributed by atoms with Crippen LogP contribution < -0.4 is 0 Å². The number of hydrogen-bond donors (Lipinski definition) is 1. The lowest BCUT2D eigenvalue weighted by atomic mass is 10.2. The molecule has 116 valence electrons. The van der Waals surface area contributed by atoms with Crippen LogP contribution in [0.3, 0.4) is 0 Å². The third kappa shape index (κ3) is 3.94. The Morgan fingerprint density at radius 1 is 1.13 bits per heavy atom. The number of carboxylic acids is 1. The van der Waals surface area contributed by atoms with Crippen LogP contribution in [-0.2, 0) is 11.2 Å². The van der Waals surface area contributed by atoms with Crippen LogP contribution in [0.15, 0.2) is 69.0 Å². The van der Waals surface area contributed by atoms with E-state index in [4.69, 9.17) is 21.1 Å². The van der Waals surface area contributed by atoms with Crippen LogP contribution in [0.25, 0.3) is 11.5 Å². The zero-order chi connectivity index (χ0) is 16.2. The van der Waals surface area contributed by atoms with Gasteiger partial charge in [-0.05, 0) is 36.4 Å². The van der Waals surface area contributed by atoms with E-state index in [0.29, 0.717) is 21.7 Å². The van der Waals surface area contributed by atoms with Crippen LogP contribution in [-0.4, -0.2) is 16.1 Å². The summed E-state index contributed by atoms with van der Waals surface area (Å²) in [5.74, 6) is -0.563. The molecule has 3 aromatic rings. The molecule has 0 bridgehead atoms. The van der Waals surface area contributed by atoms with Gasteiger partial charge in [-0.25, -0.2) is 4.98 Å². The predicted molar refractivity (Wildman–Crippen MR) is 88.9 cm³/mol. The largest absolute Gasteiger partial charge is 0.481 e. The van der Waals surface area contributed by atoms with Crippen LogP contribution in [0.2, 0.25) is 5.02 Å². The van der Waals surface area contributed by atoms with Gasteiger partial charge in [0.1, 0.15) is 5.69 Å². The molecule has 0 aliphatic rings. The minimum absolute atomic E-state index is 0.188. The van der Waals surface area contributed by atoms with Crippen molar-refractivity contribution in [3.8, 4) is 11.5 Å². The molecule has 6 heteroatoms. The van der Waals surface area contributed by atoms with Crippen molar-refractivity contribution in [1.29, 1.82) is 0 Å². The third-order valence-corrected chi connectivity index (χ3v) is 4.29. The van der Waals surface area contributed by atoms with Crippen LogP contribution in [0.1, 0.15) is 5.69 Å². The summed E-state index contributed by atoms with van der Waals surface area (Å²) >= 11 is 7.24. The summed E-state index contributed by atoms with van der Waals surface area (Å²) in [6.07, 6.45) is -0.188. The fraction of sp³-hybridized carbons (Fsp3) is 0.0588. The monoisotopic (exact) mass is 345 g/mol. The number of halogens is 1. The molecule has 23 heavy (non-hydrogen) atoms. The van der Waals surface area contributed by atoms with Gasteiger partial charge in [-0.2, -0.15) is 0 Å². The Bertz CT molecular complexity index is 816. The van der Waals surface area contributed by atoms with E-state index in [1.54, 1.807) is 24.3 Å². The van der Waals surface area contributed by atoms with E-state index in [1.165, 1.54) is 11.8 Å². The fourth-order valence-corrected chi connectivity index (χ4v) is 2.97. The second-order valence-corrected chi connectivity index (χ2v) is 6.23. The number of aliphatic carboxylic acids is 1. The number of carboxylic acid groups (broad SMARTS) is 1. The molecule has 0 aliphatic heterocycles. The normalized spacial score (nSPS) is 10.7. The van der Waals surface area contributed by atoms with Crippen molar-refractivity contribution in [1.82, 2.24) is 4.98 Å². The van der Waals surface area contributed by atoms with Crippen LogP contribution in [0.4, 0.5) is 0 Å². The molecule has 0 atom stereocenters. The maximum atomic E-state index is 11.1. The van der Waals surface area contributed by atoms with Gasteiger partial charge < -0.3 is 9.52 Å². The summed E-state index contributed by atoms with van der Waals surface area (Å²) in [5, 5.41) is 10.2. The van der Waals surface area contributed by atoms with E-state index < -0.39 is 5.97 Å². The first kappa shape index (κ1) is 15.6. The number of hydrogen-bond acceptors (Lipinski definition) is 4. The summed E-state index contributed by atoms with van der Waals surface area (Å²) in [4.78, 5) is 16.3.